The van der Waals surface area contributed by atoms with Gasteiger partial charge in [0.2, 0.25) is 0 Å². The van der Waals surface area contributed by atoms with Crippen LogP contribution in [0.2, 0.25) is 0 Å². The van der Waals surface area contributed by atoms with Crippen molar-refractivity contribution in [1.82, 2.24) is 4.90 Å². The quantitative estimate of drug-likeness (QED) is 0.904. The first-order valence-corrected chi connectivity index (χ1v) is 8.57. The Bertz CT molecular complexity index is 418. The number of hydrogen-bond donors (Lipinski definition) is 1. The molecule has 0 bridgehead atoms. The number of thioether (sulfide) groups is 1. The van der Waals surface area contributed by atoms with Crippen molar-refractivity contribution in [3.63, 3.8) is 0 Å². The van der Waals surface area contributed by atoms with E-state index in [1.807, 2.05) is 0 Å². The maximum absolute atomic E-state index is 6.14. The summed E-state index contributed by atoms with van der Waals surface area (Å²) in [6.45, 7) is 10.1. The van der Waals surface area contributed by atoms with E-state index in [1.165, 1.54) is 11.3 Å². The van der Waals surface area contributed by atoms with E-state index < -0.39 is 0 Å². The van der Waals surface area contributed by atoms with Crippen molar-refractivity contribution in [1.29, 1.82) is 0 Å². The van der Waals surface area contributed by atoms with Gasteiger partial charge in [0.15, 0.2) is 0 Å². The van der Waals surface area contributed by atoms with Crippen molar-refractivity contribution in [3.8, 4) is 0 Å². The average Bonchev–Trinajstić information content (AvgIpc) is 2.45. The fraction of sp³-hybridized carbons (Fsp3) is 0.647. The molecule has 112 valence electrons. The molecule has 0 aromatic heterocycles. The van der Waals surface area contributed by atoms with Crippen LogP contribution in [0.25, 0.3) is 0 Å². The van der Waals surface area contributed by atoms with Gasteiger partial charge < -0.3 is 5.73 Å². The van der Waals surface area contributed by atoms with Crippen LogP contribution < -0.4 is 5.73 Å². The van der Waals surface area contributed by atoms with Gasteiger partial charge in [-0.15, -0.1) is 0 Å². The number of hydrogen-bond acceptors (Lipinski definition) is 3. The second kappa shape index (κ2) is 6.50. The van der Waals surface area contributed by atoms with Crippen LogP contribution in [0, 0.1) is 0 Å². The van der Waals surface area contributed by atoms with Crippen LogP contribution in [-0.4, -0.2) is 40.6 Å². The summed E-state index contributed by atoms with van der Waals surface area (Å²) in [7, 11) is 0. The normalized spacial score (nSPS) is 22.4. The zero-order chi connectivity index (χ0) is 14.6. The Hall–Kier alpha value is -0.510. The number of nitrogens with two attached hydrogens (primary N) is 1. The van der Waals surface area contributed by atoms with Crippen LogP contribution in [0.3, 0.4) is 0 Å². The molecule has 0 saturated carbocycles. The van der Waals surface area contributed by atoms with Crippen LogP contribution in [0.4, 0.5) is 0 Å². The van der Waals surface area contributed by atoms with Gasteiger partial charge in [-0.2, -0.15) is 11.8 Å². The van der Waals surface area contributed by atoms with E-state index in [4.69, 9.17) is 5.73 Å². The van der Waals surface area contributed by atoms with Crippen LogP contribution >= 0.6 is 11.8 Å². The highest BCUT2D eigenvalue weighted by atomic mass is 32.2. The second-order valence-corrected chi connectivity index (χ2v) is 8.52. The van der Waals surface area contributed by atoms with Crippen molar-refractivity contribution in [3.05, 3.63) is 35.9 Å². The summed E-state index contributed by atoms with van der Waals surface area (Å²) in [4.78, 5) is 2.62. The summed E-state index contributed by atoms with van der Waals surface area (Å²) in [6.07, 6.45) is 2.24. The van der Waals surface area contributed by atoms with Gasteiger partial charge in [-0.1, -0.05) is 30.3 Å². The monoisotopic (exact) mass is 292 g/mol. The highest BCUT2D eigenvalue weighted by molar-refractivity contribution is 8.00. The lowest BCUT2D eigenvalue weighted by Gasteiger charge is -2.47. The third-order valence-electron chi connectivity index (χ3n) is 4.42. The fourth-order valence-electron chi connectivity index (χ4n) is 2.92. The number of rotatable bonds is 5. The van der Waals surface area contributed by atoms with E-state index in [0.717, 1.165) is 32.5 Å². The van der Waals surface area contributed by atoms with E-state index in [-0.39, 0.29) is 5.54 Å². The molecule has 2 rings (SSSR count). The number of benzene rings is 1. The summed E-state index contributed by atoms with van der Waals surface area (Å²) >= 11 is 2.08. The molecule has 1 aromatic carbocycles. The van der Waals surface area contributed by atoms with Gasteiger partial charge in [0.25, 0.3) is 0 Å². The predicted octanol–water partition coefficient (Wildman–Crippen LogP) is 3.16. The number of nitrogens with zero attached hydrogens (tertiary/aromatic N) is 1. The Morgan fingerprint density at radius 3 is 2.60 bits per heavy atom. The van der Waals surface area contributed by atoms with Crippen LogP contribution in [0.5, 0.6) is 0 Å². The number of aryl methyl sites for hydroxylation is 1. The largest absolute Gasteiger partial charge is 0.329 e. The molecule has 3 heteroatoms. The summed E-state index contributed by atoms with van der Waals surface area (Å²) in [5.74, 6) is 1.22. The molecule has 0 aliphatic carbocycles. The standard InChI is InChI=1S/C17H28N2S/c1-16(2)14-19(11-12-20-16)17(3,13-18)10-9-15-7-5-4-6-8-15/h4-8H,9-14,18H2,1-3H3. The molecule has 2 nitrogen and oxygen atoms in total. The van der Waals surface area contributed by atoms with Gasteiger partial charge in [-0.25, -0.2) is 0 Å². The van der Waals surface area contributed by atoms with Crippen molar-refractivity contribution < 1.29 is 0 Å². The molecule has 0 amide bonds. The predicted molar refractivity (Wildman–Crippen MR) is 90.3 cm³/mol. The SMILES string of the molecule is CC1(C)CN(C(C)(CN)CCc2ccccc2)CCS1. The Balaban J connectivity index is 2.01. The molecule has 20 heavy (non-hydrogen) atoms. The van der Waals surface area contributed by atoms with Gasteiger partial charge in [-0.3, -0.25) is 4.90 Å². The Morgan fingerprint density at radius 2 is 2.00 bits per heavy atom. The molecule has 0 radical (unpaired) electrons. The van der Waals surface area contributed by atoms with E-state index >= 15 is 0 Å². The van der Waals surface area contributed by atoms with Gasteiger partial charge >= 0.3 is 0 Å². The molecular weight excluding hydrogens is 264 g/mol. The van der Waals surface area contributed by atoms with Crippen molar-refractivity contribution in [2.24, 2.45) is 5.73 Å². The van der Waals surface area contributed by atoms with Gasteiger partial charge in [0, 0.05) is 35.7 Å². The van der Waals surface area contributed by atoms with Gasteiger partial charge in [-0.05, 0) is 39.2 Å². The van der Waals surface area contributed by atoms with E-state index in [0.29, 0.717) is 4.75 Å². The molecule has 2 N–H and O–H groups in total. The minimum Gasteiger partial charge on any atom is -0.329 e. The van der Waals surface area contributed by atoms with Crippen molar-refractivity contribution in [2.75, 3.05) is 25.4 Å². The molecule has 1 aliphatic heterocycles. The first kappa shape index (κ1) is 15.9. The minimum atomic E-state index is 0.119. The maximum atomic E-state index is 6.14. The molecule has 1 aliphatic rings. The van der Waals surface area contributed by atoms with Crippen LogP contribution in [0.1, 0.15) is 32.8 Å². The molecule has 1 aromatic rings. The fourth-order valence-corrected chi connectivity index (χ4v) is 4.04. The first-order valence-electron chi connectivity index (χ1n) is 7.58. The zero-order valence-electron chi connectivity index (χ0n) is 13.1. The molecular formula is C17H28N2S. The van der Waals surface area contributed by atoms with E-state index in [2.05, 4.69) is 67.8 Å². The highest BCUT2D eigenvalue weighted by Gasteiger charge is 2.36. The Kier molecular flexibility index (Phi) is 5.16. The van der Waals surface area contributed by atoms with Crippen LogP contribution in [-0.2, 0) is 6.42 Å². The third-order valence-corrected chi connectivity index (χ3v) is 5.72. The smallest absolute Gasteiger partial charge is 0.0307 e. The lowest BCUT2D eigenvalue weighted by Crippen LogP contribution is -2.58. The molecule has 1 heterocycles. The van der Waals surface area contributed by atoms with Crippen molar-refractivity contribution in [2.45, 2.75) is 43.9 Å². The molecule has 1 atom stereocenters. The topological polar surface area (TPSA) is 29.3 Å². The molecule has 0 spiro atoms. The Labute approximate surface area is 128 Å². The molecule has 1 fully saturated rings. The van der Waals surface area contributed by atoms with Crippen molar-refractivity contribution >= 4 is 11.8 Å². The summed E-state index contributed by atoms with van der Waals surface area (Å²) in [5, 5.41) is 0. The highest BCUT2D eigenvalue weighted by Crippen LogP contribution is 2.34. The van der Waals surface area contributed by atoms with E-state index in [1.54, 1.807) is 0 Å². The minimum absolute atomic E-state index is 0.119. The van der Waals surface area contributed by atoms with Crippen LogP contribution in [0.15, 0.2) is 30.3 Å². The maximum Gasteiger partial charge on any atom is 0.0307 e. The van der Waals surface area contributed by atoms with E-state index in [9.17, 15) is 0 Å². The second-order valence-electron chi connectivity index (χ2n) is 6.72. The third kappa shape index (κ3) is 4.00. The average molecular weight is 292 g/mol. The lowest BCUT2D eigenvalue weighted by atomic mass is 9.90. The van der Waals surface area contributed by atoms with Gasteiger partial charge in [0.1, 0.15) is 0 Å². The summed E-state index contributed by atoms with van der Waals surface area (Å²) in [5.41, 5.74) is 7.68. The Morgan fingerprint density at radius 1 is 1.30 bits per heavy atom. The van der Waals surface area contributed by atoms with Gasteiger partial charge in [0.05, 0.1) is 0 Å². The summed E-state index contributed by atoms with van der Waals surface area (Å²) < 4.78 is 0.349. The zero-order valence-corrected chi connectivity index (χ0v) is 13.9. The molecule has 1 saturated heterocycles. The molecule has 1 unspecified atom stereocenters. The first-order chi connectivity index (χ1) is 9.45. The lowest BCUT2D eigenvalue weighted by molar-refractivity contribution is 0.0958. The summed E-state index contributed by atoms with van der Waals surface area (Å²) in [6, 6.07) is 10.8.